The number of hydrogen-bond acceptors (Lipinski definition) is 3. The lowest BCUT2D eigenvalue weighted by Crippen LogP contribution is -2.23. The van der Waals surface area contributed by atoms with Gasteiger partial charge in [0, 0.05) is 6.54 Å². The number of imidazole rings is 1. The normalized spacial score (nSPS) is 18.1. The fraction of sp³-hybridized carbons (Fsp3) is 0.300. The van der Waals surface area contributed by atoms with Crippen molar-refractivity contribution in [3.63, 3.8) is 0 Å². The third-order valence-electron chi connectivity index (χ3n) is 4.78. The van der Waals surface area contributed by atoms with E-state index < -0.39 is 0 Å². The average Bonchev–Trinajstić information content (AvgIpc) is 3.20. The molecule has 0 saturated carbocycles. The molecule has 4 nitrogen and oxygen atoms in total. The van der Waals surface area contributed by atoms with Crippen molar-refractivity contribution in [1.29, 1.82) is 5.26 Å². The van der Waals surface area contributed by atoms with E-state index in [0.29, 0.717) is 6.04 Å². The Hall–Kier alpha value is -2.64. The molecule has 2 heterocycles. The highest BCUT2D eigenvalue weighted by Gasteiger charge is 2.28. The molecule has 0 spiro atoms. The lowest BCUT2D eigenvalue weighted by Gasteiger charge is -2.22. The molecule has 1 aromatic heterocycles. The molecule has 1 atom stereocenters. The Morgan fingerprint density at radius 1 is 1.29 bits per heavy atom. The predicted molar refractivity (Wildman–Crippen MR) is 94.4 cm³/mol. The third-order valence-corrected chi connectivity index (χ3v) is 4.78. The molecule has 3 aromatic rings. The number of aromatic amines is 1. The van der Waals surface area contributed by atoms with E-state index in [2.05, 4.69) is 47.1 Å². The molecule has 1 aliphatic heterocycles. The molecule has 1 unspecified atom stereocenters. The van der Waals surface area contributed by atoms with Crippen molar-refractivity contribution in [2.45, 2.75) is 32.4 Å². The molecule has 2 aromatic carbocycles. The molecule has 1 N–H and O–H groups in total. The van der Waals surface area contributed by atoms with Crippen LogP contribution in [0.25, 0.3) is 11.0 Å². The first-order valence-corrected chi connectivity index (χ1v) is 8.42. The fourth-order valence-electron chi connectivity index (χ4n) is 3.60. The second kappa shape index (κ2) is 6.10. The Labute approximate surface area is 141 Å². The summed E-state index contributed by atoms with van der Waals surface area (Å²) in [6.07, 6.45) is 2.30. The molecule has 1 fully saturated rings. The van der Waals surface area contributed by atoms with E-state index in [1.165, 1.54) is 17.5 Å². The van der Waals surface area contributed by atoms with Gasteiger partial charge in [0.25, 0.3) is 0 Å². The first-order chi connectivity index (χ1) is 11.7. The smallest absolute Gasteiger partial charge is 0.124 e. The van der Waals surface area contributed by atoms with Gasteiger partial charge >= 0.3 is 0 Å². The molecule has 1 saturated heterocycles. The van der Waals surface area contributed by atoms with Gasteiger partial charge in [-0.1, -0.05) is 18.2 Å². The van der Waals surface area contributed by atoms with Gasteiger partial charge in [0.05, 0.1) is 28.7 Å². The average molecular weight is 316 g/mol. The minimum atomic E-state index is 0.323. The summed E-state index contributed by atoms with van der Waals surface area (Å²) in [4.78, 5) is 10.8. The number of nitriles is 1. The highest BCUT2D eigenvalue weighted by atomic mass is 15.2. The van der Waals surface area contributed by atoms with Crippen LogP contribution in [0.15, 0.2) is 42.5 Å². The van der Waals surface area contributed by atoms with E-state index in [0.717, 1.165) is 41.9 Å². The molecule has 1 aliphatic rings. The molecule has 0 radical (unpaired) electrons. The molecule has 0 bridgehead atoms. The first kappa shape index (κ1) is 14.9. The Bertz CT molecular complexity index is 919. The number of benzene rings is 2. The molecule has 4 heteroatoms. The minimum Gasteiger partial charge on any atom is -0.341 e. The van der Waals surface area contributed by atoms with Crippen LogP contribution in [-0.2, 0) is 6.54 Å². The van der Waals surface area contributed by atoms with Gasteiger partial charge in [-0.15, -0.1) is 0 Å². The zero-order valence-corrected chi connectivity index (χ0v) is 13.8. The van der Waals surface area contributed by atoms with Gasteiger partial charge in [-0.05, 0) is 61.7 Å². The number of hydrogen-bond donors (Lipinski definition) is 1. The fourth-order valence-corrected chi connectivity index (χ4v) is 3.60. The van der Waals surface area contributed by atoms with E-state index in [4.69, 9.17) is 10.2 Å². The van der Waals surface area contributed by atoms with Gasteiger partial charge in [-0.2, -0.15) is 5.26 Å². The van der Waals surface area contributed by atoms with Crippen LogP contribution >= 0.6 is 0 Å². The number of rotatable bonds is 3. The SMILES string of the molecule is Cc1ccc2nc(C3CCCN3Cc3cccc(C#N)c3)[nH]c2c1. The molecular formula is C20H20N4. The van der Waals surface area contributed by atoms with Crippen LogP contribution in [0.1, 0.15) is 41.4 Å². The van der Waals surface area contributed by atoms with Crippen molar-refractivity contribution >= 4 is 11.0 Å². The second-order valence-electron chi connectivity index (χ2n) is 6.58. The summed E-state index contributed by atoms with van der Waals surface area (Å²) in [5.41, 5.74) is 5.31. The maximum Gasteiger partial charge on any atom is 0.124 e. The highest BCUT2D eigenvalue weighted by molar-refractivity contribution is 5.75. The number of H-pyrrole nitrogens is 1. The van der Waals surface area contributed by atoms with Crippen LogP contribution in [0.4, 0.5) is 0 Å². The molecule has 0 aliphatic carbocycles. The molecule has 4 rings (SSSR count). The number of aryl methyl sites for hydroxylation is 1. The Morgan fingerprint density at radius 3 is 3.08 bits per heavy atom. The molecule has 0 amide bonds. The minimum absolute atomic E-state index is 0.323. The Kier molecular flexibility index (Phi) is 3.79. The summed E-state index contributed by atoms with van der Waals surface area (Å²) < 4.78 is 0. The van der Waals surface area contributed by atoms with Gasteiger partial charge in [-0.25, -0.2) is 4.98 Å². The zero-order valence-electron chi connectivity index (χ0n) is 13.8. The number of aromatic nitrogens is 2. The third kappa shape index (κ3) is 2.79. The number of nitrogens with one attached hydrogen (secondary N) is 1. The summed E-state index contributed by atoms with van der Waals surface area (Å²) in [6, 6.07) is 16.8. The van der Waals surface area contributed by atoms with Crippen molar-refractivity contribution < 1.29 is 0 Å². The Balaban J connectivity index is 1.60. The van der Waals surface area contributed by atoms with E-state index in [-0.39, 0.29) is 0 Å². The van der Waals surface area contributed by atoms with E-state index >= 15 is 0 Å². The van der Waals surface area contributed by atoms with E-state index in [1.807, 2.05) is 18.2 Å². The lowest BCUT2D eigenvalue weighted by molar-refractivity contribution is 0.241. The Morgan fingerprint density at radius 2 is 2.21 bits per heavy atom. The van der Waals surface area contributed by atoms with Crippen LogP contribution in [-0.4, -0.2) is 21.4 Å². The van der Waals surface area contributed by atoms with Crippen LogP contribution in [0, 0.1) is 18.3 Å². The van der Waals surface area contributed by atoms with Crippen molar-refractivity contribution in [2.24, 2.45) is 0 Å². The van der Waals surface area contributed by atoms with Crippen LogP contribution in [0.5, 0.6) is 0 Å². The lowest BCUT2D eigenvalue weighted by atomic mass is 10.1. The number of fused-ring (bicyclic) bond motifs is 1. The van der Waals surface area contributed by atoms with Crippen molar-refractivity contribution in [3.8, 4) is 6.07 Å². The maximum atomic E-state index is 9.08. The van der Waals surface area contributed by atoms with Gasteiger partial charge in [0.2, 0.25) is 0 Å². The summed E-state index contributed by atoms with van der Waals surface area (Å²) in [7, 11) is 0. The summed E-state index contributed by atoms with van der Waals surface area (Å²) in [5, 5.41) is 9.08. The van der Waals surface area contributed by atoms with E-state index in [9.17, 15) is 0 Å². The summed E-state index contributed by atoms with van der Waals surface area (Å²) >= 11 is 0. The molecule has 120 valence electrons. The summed E-state index contributed by atoms with van der Waals surface area (Å²) in [5.74, 6) is 1.06. The predicted octanol–water partition coefficient (Wildman–Crippen LogP) is 4.08. The van der Waals surface area contributed by atoms with Gasteiger partial charge in [-0.3, -0.25) is 4.90 Å². The van der Waals surface area contributed by atoms with Gasteiger partial charge < -0.3 is 4.98 Å². The molecule has 24 heavy (non-hydrogen) atoms. The van der Waals surface area contributed by atoms with Crippen LogP contribution in [0.2, 0.25) is 0 Å². The van der Waals surface area contributed by atoms with Crippen LogP contribution in [0.3, 0.4) is 0 Å². The largest absolute Gasteiger partial charge is 0.341 e. The van der Waals surface area contributed by atoms with Crippen molar-refractivity contribution in [1.82, 2.24) is 14.9 Å². The van der Waals surface area contributed by atoms with Gasteiger partial charge in [0.15, 0.2) is 0 Å². The quantitative estimate of drug-likeness (QED) is 0.792. The van der Waals surface area contributed by atoms with E-state index in [1.54, 1.807) is 0 Å². The number of likely N-dealkylation sites (tertiary alicyclic amines) is 1. The monoisotopic (exact) mass is 316 g/mol. The van der Waals surface area contributed by atoms with Crippen LogP contribution < -0.4 is 0 Å². The second-order valence-corrected chi connectivity index (χ2v) is 6.58. The number of nitrogens with zero attached hydrogens (tertiary/aromatic N) is 3. The highest BCUT2D eigenvalue weighted by Crippen LogP contribution is 2.32. The summed E-state index contributed by atoms with van der Waals surface area (Å²) in [6.45, 7) is 4.03. The maximum absolute atomic E-state index is 9.08. The first-order valence-electron chi connectivity index (χ1n) is 8.42. The van der Waals surface area contributed by atoms with Crippen molar-refractivity contribution in [2.75, 3.05) is 6.54 Å². The van der Waals surface area contributed by atoms with Gasteiger partial charge in [0.1, 0.15) is 5.82 Å². The topological polar surface area (TPSA) is 55.7 Å². The zero-order chi connectivity index (χ0) is 16.5. The molecular weight excluding hydrogens is 296 g/mol. The standard InChI is InChI=1S/C20H20N4/c1-14-7-8-17-18(10-14)23-20(22-17)19-6-3-9-24(19)13-16-5-2-4-15(11-16)12-21/h2,4-5,7-8,10-11,19H,3,6,9,13H2,1H3,(H,22,23). The van der Waals surface area contributed by atoms with Crippen molar-refractivity contribution in [3.05, 3.63) is 65.0 Å².